The molecule has 0 aliphatic heterocycles. The highest BCUT2D eigenvalue weighted by atomic mass is 32.1. The molecule has 0 saturated carbocycles. The van der Waals surface area contributed by atoms with Crippen LogP contribution in [0.1, 0.15) is 33.2 Å². The Morgan fingerprint density at radius 1 is 1.00 bits per heavy atom. The number of hydrogen-bond donors (Lipinski definition) is 2. The van der Waals surface area contributed by atoms with Gasteiger partial charge in [0.15, 0.2) is 5.13 Å². The first kappa shape index (κ1) is 24.9. The molecule has 0 bridgehead atoms. The zero-order valence-electron chi connectivity index (χ0n) is 18.8. The van der Waals surface area contributed by atoms with Crippen molar-refractivity contribution in [1.29, 1.82) is 0 Å². The summed E-state index contributed by atoms with van der Waals surface area (Å²) < 4.78 is 43.6. The maximum absolute atomic E-state index is 12.9. The minimum absolute atomic E-state index is 0.0731. The lowest BCUT2D eigenvalue weighted by Gasteiger charge is -2.10. The van der Waals surface area contributed by atoms with Gasteiger partial charge < -0.3 is 9.84 Å². The van der Waals surface area contributed by atoms with Crippen LogP contribution in [0.2, 0.25) is 0 Å². The molecule has 1 heterocycles. The van der Waals surface area contributed by atoms with E-state index >= 15 is 0 Å². The van der Waals surface area contributed by atoms with Crippen LogP contribution in [0.5, 0.6) is 5.75 Å². The number of ether oxygens (including phenoxy) is 1. The molecule has 1 amide bonds. The molecule has 0 atom stereocenters. The van der Waals surface area contributed by atoms with Crippen molar-refractivity contribution in [2.24, 2.45) is 0 Å². The number of carbonyl (C=O) groups excluding carboxylic acids is 2. The van der Waals surface area contributed by atoms with Crippen LogP contribution in [-0.2, 0) is 10.9 Å². The SMILES string of the molecule is CCOC(=O)c1ccccc1-c1csc(NC(=O)c2cc(-c3ccc(C(F)(F)F)cc3)ccc2O)n1. The average Bonchev–Trinajstić information content (AvgIpc) is 3.32. The van der Waals surface area contributed by atoms with Crippen LogP contribution in [0.4, 0.5) is 18.3 Å². The van der Waals surface area contributed by atoms with Crippen molar-refractivity contribution in [2.75, 3.05) is 11.9 Å². The predicted molar refractivity (Wildman–Crippen MR) is 130 cm³/mol. The van der Waals surface area contributed by atoms with Crippen LogP contribution < -0.4 is 5.32 Å². The van der Waals surface area contributed by atoms with Gasteiger partial charge in [0.1, 0.15) is 5.75 Å². The molecule has 36 heavy (non-hydrogen) atoms. The second kappa shape index (κ2) is 10.2. The van der Waals surface area contributed by atoms with E-state index in [0.717, 1.165) is 23.5 Å². The number of esters is 1. The van der Waals surface area contributed by atoms with E-state index < -0.39 is 23.6 Å². The van der Waals surface area contributed by atoms with E-state index in [0.29, 0.717) is 27.9 Å². The molecule has 2 N–H and O–H groups in total. The molecule has 6 nitrogen and oxygen atoms in total. The van der Waals surface area contributed by atoms with Crippen molar-refractivity contribution in [1.82, 2.24) is 4.98 Å². The number of amides is 1. The maximum atomic E-state index is 12.9. The number of aromatic nitrogens is 1. The van der Waals surface area contributed by atoms with E-state index in [-0.39, 0.29) is 23.1 Å². The largest absolute Gasteiger partial charge is 0.507 e. The highest BCUT2D eigenvalue weighted by molar-refractivity contribution is 7.14. The second-order valence-electron chi connectivity index (χ2n) is 7.57. The maximum Gasteiger partial charge on any atom is 0.416 e. The van der Waals surface area contributed by atoms with Crippen LogP contribution in [0.15, 0.2) is 72.1 Å². The summed E-state index contributed by atoms with van der Waals surface area (Å²) in [6.07, 6.45) is -4.46. The fourth-order valence-electron chi connectivity index (χ4n) is 3.46. The Morgan fingerprint density at radius 3 is 2.39 bits per heavy atom. The van der Waals surface area contributed by atoms with Gasteiger partial charge >= 0.3 is 12.1 Å². The van der Waals surface area contributed by atoms with Crippen LogP contribution in [0.3, 0.4) is 0 Å². The summed E-state index contributed by atoms with van der Waals surface area (Å²) in [7, 11) is 0. The van der Waals surface area contributed by atoms with Crippen molar-refractivity contribution < 1.29 is 32.6 Å². The lowest BCUT2D eigenvalue weighted by atomic mass is 10.0. The van der Waals surface area contributed by atoms with Gasteiger partial charge in [-0.05, 0) is 48.4 Å². The Balaban J connectivity index is 1.56. The van der Waals surface area contributed by atoms with Crippen molar-refractivity contribution in [2.45, 2.75) is 13.1 Å². The third kappa shape index (κ3) is 5.38. The molecule has 0 fully saturated rings. The van der Waals surface area contributed by atoms with Gasteiger partial charge in [0.05, 0.1) is 29.0 Å². The third-order valence-corrected chi connectivity index (χ3v) is 5.97. The van der Waals surface area contributed by atoms with Crippen LogP contribution in [-0.4, -0.2) is 28.6 Å². The molecular formula is C26H19F3N2O4S. The van der Waals surface area contributed by atoms with E-state index in [1.807, 2.05) is 0 Å². The smallest absolute Gasteiger partial charge is 0.416 e. The Kier molecular flexibility index (Phi) is 7.07. The number of halogens is 3. The van der Waals surface area contributed by atoms with Gasteiger partial charge in [0.25, 0.3) is 5.91 Å². The van der Waals surface area contributed by atoms with Crippen molar-refractivity contribution in [3.8, 4) is 28.1 Å². The van der Waals surface area contributed by atoms with Crippen LogP contribution in [0.25, 0.3) is 22.4 Å². The van der Waals surface area contributed by atoms with Crippen LogP contribution >= 0.6 is 11.3 Å². The second-order valence-corrected chi connectivity index (χ2v) is 8.42. The van der Waals surface area contributed by atoms with E-state index in [1.54, 1.807) is 36.6 Å². The summed E-state index contributed by atoms with van der Waals surface area (Å²) in [6.45, 7) is 1.93. The molecule has 1 aromatic heterocycles. The first-order valence-electron chi connectivity index (χ1n) is 10.7. The molecule has 3 aromatic carbocycles. The van der Waals surface area contributed by atoms with Crippen molar-refractivity contribution in [3.05, 3.63) is 88.8 Å². The molecule has 0 spiro atoms. The summed E-state index contributed by atoms with van der Waals surface area (Å²) in [5.74, 6) is -1.44. The fraction of sp³-hybridized carbons (Fsp3) is 0.115. The number of aromatic hydroxyl groups is 1. The number of alkyl halides is 3. The number of nitrogens with zero attached hydrogens (tertiary/aromatic N) is 1. The molecule has 0 radical (unpaired) electrons. The Labute approximate surface area is 208 Å². The monoisotopic (exact) mass is 512 g/mol. The van der Waals surface area contributed by atoms with Gasteiger partial charge in [-0.3, -0.25) is 10.1 Å². The van der Waals surface area contributed by atoms with E-state index in [9.17, 15) is 27.9 Å². The van der Waals surface area contributed by atoms with E-state index in [1.165, 1.54) is 30.3 Å². The molecule has 0 aliphatic carbocycles. The molecule has 0 aliphatic rings. The van der Waals surface area contributed by atoms with Gasteiger partial charge in [0.2, 0.25) is 0 Å². The summed E-state index contributed by atoms with van der Waals surface area (Å²) >= 11 is 1.13. The third-order valence-electron chi connectivity index (χ3n) is 5.21. The Bertz CT molecular complexity index is 1420. The zero-order valence-corrected chi connectivity index (χ0v) is 19.6. The van der Waals surface area contributed by atoms with E-state index in [2.05, 4.69) is 10.3 Å². The fourth-order valence-corrected chi connectivity index (χ4v) is 4.17. The molecule has 10 heteroatoms. The molecule has 184 valence electrons. The number of hydrogen-bond acceptors (Lipinski definition) is 6. The number of thiazole rings is 1. The number of rotatable bonds is 6. The number of carbonyl (C=O) groups is 2. The first-order valence-corrected chi connectivity index (χ1v) is 11.6. The molecular weight excluding hydrogens is 493 g/mol. The van der Waals surface area contributed by atoms with Gasteiger partial charge in [0, 0.05) is 10.9 Å². The number of benzene rings is 3. The van der Waals surface area contributed by atoms with Gasteiger partial charge in [-0.2, -0.15) is 13.2 Å². The lowest BCUT2D eigenvalue weighted by Crippen LogP contribution is -2.12. The number of anilines is 1. The topological polar surface area (TPSA) is 88.5 Å². The first-order chi connectivity index (χ1) is 17.2. The predicted octanol–water partition coefficient (Wildman–Crippen LogP) is 6.63. The summed E-state index contributed by atoms with van der Waals surface area (Å²) in [5.41, 5.74) is 1.38. The quantitative estimate of drug-likeness (QED) is 0.283. The minimum Gasteiger partial charge on any atom is -0.507 e. The van der Waals surface area contributed by atoms with Crippen molar-refractivity contribution in [3.63, 3.8) is 0 Å². The number of nitrogens with one attached hydrogen (secondary N) is 1. The van der Waals surface area contributed by atoms with E-state index in [4.69, 9.17) is 4.74 Å². The highest BCUT2D eigenvalue weighted by Gasteiger charge is 2.30. The van der Waals surface area contributed by atoms with Gasteiger partial charge in [-0.25, -0.2) is 9.78 Å². The normalized spacial score (nSPS) is 11.2. The number of phenolic OH excluding ortho intramolecular Hbond substituents is 1. The highest BCUT2D eigenvalue weighted by Crippen LogP contribution is 2.33. The summed E-state index contributed by atoms with van der Waals surface area (Å²) in [4.78, 5) is 29.5. The molecule has 0 saturated heterocycles. The standard InChI is InChI=1S/C26H19F3N2O4S/c1-2-35-24(34)19-6-4-3-5-18(19)21-14-36-25(30-21)31-23(33)20-13-16(9-12-22(20)32)15-7-10-17(11-8-15)26(27,28)29/h3-14,32H,2H2,1H3,(H,30,31,33). The number of phenols is 1. The van der Waals surface area contributed by atoms with Crippen molar-refractivity contribution >= 4 is 28.3 Å². The molecule has 0 unspecified atom stereocenters. The molecule has 4 rings (SSSR count). The summed E-state index contributed by atoms with van der Waals surface area (Å²) in [6, 6.07) is 15.5. The van der Waals surface area contributed by atoms with Gasteiger partial charge in [-0.15, -0.1) is 11.3 Å². The van der Waals surface area contributed by atoms with Crippen LogP contribution in [0, 0.1) is 0 Å². The lowest BCUT2D eigenvalue weighted by molar-refractivity contribution is -0.137. The average molecular weight is 513 g/mol. The van der Waals surface area contributed by atoms with Gasteiger partial charge in [-0.1, -0.05) is 36.4 Å². The Morgan fingerprint density at radius 2 is 1.69 bits per heavy atom. The zero-order chi connectivity index (χ0) is 25.9. The summed E-state index contributed by atoms with van der Waals surface area (Å²) in [5, 5.41) is 14.8. The Hall–Kier alpha value is -4.18. The minimum atomic E-state index is -4.46. The molecule has 4 aromatic rings.